The molecule has 6 nitrogen and oxygen atoms in total. The molecule has 20 heavy (non-hydrogen) atoms. The number of hydrogen-bond acceptors (Lipinski definition) is 5. The summed E-state index contributed by atoms with van der Waals surface area (Å²) in [6.45, 7) is 2.47. The van der Waals surface area contributed by atoms with Crippen LogP contribution in [0.2, 0.25) is 0 Å². The van der Waals surface area contributed by atoms with Crippen molar-refractivity contribution in [3.05, 3.63) is 23.9 Å². The summed E-state index contributed by atoms with van der Waals surface area (Å²) in [5.74, 6) is 0.252. The highest BCUT2D eigenvalue weighted by Gasteiger charge is 2.20. The molecule has 0 radical (unpaired) electrons. The number of nitrogens with one attached hydrogen (secondary N) is 2. The molecule has 1 unspecified atom stereocenters. The van der Waals surface area contributed by atoms with Crippen LogP contribution in [0.1, 0.15) is 18.4 Å². The van der Waals surface area contributed by atoms with Gasteiger partial charge in [0.1, 0.15) is 0 Å². The molecule has 0 saturated carbocycles. The monoisotopic (exact) mass is 299 g/mol. The predicted molar refractivity (Wildman–Crippen MR) is 75.7 cm³/mol. The Morgan fingerprint density at radius 3 is 2.90 bits per heavy atom. The van der Waals surface area contributed by atoms with Crippen LogP contribution < -0.4 is 10.0 Å². The van der Waals surface area contributed by atoms with Crippen molar-refractivity contribution >= 4 is 10.0 Å². The van der Waals surface area contributed by atoms with Crippen molar-refractivity contribution in [1.29, 1.82) is 0 Å². The first-order chi connectivity index (χ1) is 9.62. The zero-order chi connectivity index (χ0) is 14.4. The number of rotatable bonds is 6. The molecule has 1 aliphatic rings. The average molecular weight is 299 g/mol. The van der Waals surface area contributed by atoms with Crippen LogP contribution in [-0.4, -0.2) is 40.2 Å². The van der Waals surface area contributed by atoms with Gasteiger partial charge in [-0.1, -0.05) is 6.07 Å². The van der Waals surface area contributed by atoms with Crippen molar-refractivity contribution in [2.45, 2.75) is 24.4 Å². The molecular formula is C13H21N3O3S. The summed E-state index contributed by atoms with van der Waals surface area (Å²) in [6, 6.07) is 3.30. The summed E-state index contributed by atoms with van der Waals surface area (Å²) in [5.41, 5.74) is 0.951. The smallest absolute Gasteiger partial charge is 0.258 e. The fourth-order valence-electron chi connectivity index (χ4n) is 2.15. The van der Waals surface area contributed by atoms with Gasteiger partial charge in [0.25, 0.3) is 10.0 Å². The van der Waals surface area contributed by atoms with E-state index in [0.717, 1.165) is 25.0 Å². The SMILES string of the molecule is CNCc1ccc(S(=O)(=O)NCC2CCCOC2)nc1. The molecule has 0 bridgehead atoms. The lowest BCUT2D eigenvalue weighted by molar-refractivity contribution is 0.0568. The minimum absolute atomic E-state index is 0.0640. The number of aromatic nitrogens is 1. The molecule has 1 fully saturated rings. The largest absolute Gasteiger partial charge is 0.381 e. The van der Waals surface area contributed by atoms with Crippen molar-refractivity contribution < 1.29 is 13.2 Å². The van der Waals surface area contributed by atoms with Gasteiger partial charge in [0.15, 0.2) is 5.03 Å². The maximum Gasteiger partial charge on any atom is 0.258 e. The Kier molecular flexibility index (Phi) is 5.47. The lowest BCUT2D eigenvalue weighted by Crippen LogP contribution is -2.33. The van der Waals surface area contributed by atoms with Gasteiger partial charge in [-0.15, -0.1) is 0 Å². The quantitative estimate of drug-likeness (QED) is 0.800. The fraction of sp³-hybridized carbons (Fsp3) is 0.615. The molecule has 0 spiro atoms. The zero-order valence-electron chi connectivity index (χ0n) is 11.6. The second-order valence-electron chi connectivity index (χ2n) is 4.97. The summed E-state index contributed by atoms with van der Waals surface area (Å²) >= 11 is 0. The topological polar surface area (TPSA) is 80.3 Å². The van der Waals surface area contributed by atoms with Crippen LogP contribution in [0, 0.1) is 5.92 Å². The van der Waals surface area contributed by atoms with Gasteiger partial charge in [-0.2, -0.15) is 0 Å². The van der Waals surface area contributed by atoms with Gasteiger partial charge >= 0.3 is 0 Å². The van der Waals surface area contributed by atoms with Gasteiger partial charge in [0.05, 0.1) is 6.61 Å². The maximum absolute atomic E-state index is 12.1. The molecule has 1 aliphatic heterocycles. The molecule has 1 saturated heterocycles. The first-order valence-corrected chi connectivity index (χ1v) is 8.27. The molecule has 1 aromatic heterocycles. The van der Waals surface area contributed by atoms with Crippen LogP contribution in [-0.2, 0) is 21.3 Å². The Balaban J connectivity index is 1.94. The van der Waals surface area contributed by atoms with E-state index in [0.29, 0.717) is 19.7 Å². The van der Waals surface area contributed by atoms with Crippen molar-refractivity contribution in [2.24, 2.45) is 5.92 Å². The summed E-state index contributed by atoms with van der Waals surface area (Å²) < 4.78 is 32.2. The van der Waals surface area contributed by atoms with Gasteiger partial charge in [-0.25, -0.2) is 18.1 Å². The third-order valence-electron chi connectivity index (χ3n) is 3.27. The standard InChI is InChI=1S/C13H21N3O3S/c1-14-7-11-4-5-13(15-8-11)20(17,18)16-9-12-3-2-6-19-10-12/h4-5,8,12,14,16H,2-3,6-7,9-10H2,1H3. The predicted octanol–water partition coefficient (Wildman–Crippen LogP) is 0.506. The number of sulfonamides is 1. The lowest BCUT2D eigenvalue weighted by Gasteiger charge is -2.22. The fourth-order valence-corrected chi connectivity index (χ4v) is 3.19. The summed E-state index contributed by atoms with van der Waals surface area (Å²) in [6.07, 6.45) is 3.56. The number of ether oxygens (including phenoxy) is 1. The van der Waals surface area contributed by atoms with Gasteiger partial charge in [0.2, 0.25) is 0 Å². The minimum atomic E-state index is -3.53. The molecule has 0 aliphatic carbocycles. The lowest BCUT2D eigenvalue weighted by atomic mass is 10.0. The molecule has 7 heteroatoms. The highest BCUT2D eigenvalue weighted by Crippen LogP contribution is 2.13. The van der Waals surface area contributed by atoms with Crippen LogP contribution in [0.15, 0.2) is 23.4 Å². The molecule has 0 amide bonds. The van der Waals surface area contributed by atoms with Crippen LogP contribution in [0.4, 0.5) is 0 Å². The van der Waals surface area contributed by atoms with Crippen LogP contribution >= 0.6 is 0 Å². The molecule has 0 aromatic carbocycles. The Hall–Kier alpha value is -1.02. The van der Waals surface area contributed by atoms with Crippen molar-refractivity contribution in [1.82, 2.24) is 15.0 Å². The van der Waals surface area contributed by atoms with Gasteiger partial charge in [-0.05, 0) is 37.4 Å². The molecule has 1 atom stereocenters. The molecule has 112 valence electrons. The Morgan fingerprint density at radius 2 is 2.30 bits per heavy atom. The summed E-state index contributed by atoms with van der Waals surface area (Å²) in [4.78, 5) is 4.01. The van der Waals surface area contributed by atoms with E-state index in [1.165, 1.54) is 6.07 Å². The minimum Gasteiger partial charge on any atom is -0.381 e. The highest BCUT2D eigenvalue weighted by molar-refractivity contribution is 7.89. The van der Waals surface area contributed by atoms with Crippen LogP contribution in [0.25, 0.3) is 0 Å². The van der Waals surface area contributed by atoms with E-state index in [1.54, 1.807) is 12.3 Å². The maximum atomic E-state index is 12.1. The van der Waals surface area contributed by atoms with Crippen LogP contribution in [0.5, 0.6) is 0 Å². The van der Waals surface area contributed by atoms with Crippen molar-refractivity contribution in [3.63, 3.8) is 0 Å². The van der Waals surface area contributed by atoms with E-state index in [2.05, 4.69) is 15.0 Å². The third-order valence-corrected chi connectivity index (χ3v) is 4.61. The highest BCUT2D eigenvalue weighted by atomic mass is 32.2. The van der Waals surface area contributed by atoms with E-state index in [1.807, 2.05) is 7.05 Å². The van der Waals surface area contributed by atoms with E-state index < -0.39 is 10.0 Å². The molecular weight excluding hydrogens is 278 g/mol. The number of pyridine rings is 1. The molecule has 2 heterocycles. The summed E-state index contributed by atoms with van der Waals surface area (Å²) in [5, 5.41) is 3.06. The van der Waals surface area contributed by atoms with Gasteiger partial charge in [0, 0.05) is 25.9 Å². The molecule has 2 N–H and O–H groups in total. The second-order valence-corrected chi connectivity index (χ2v) is 6.68. The average Bonchev–Trinajstić information content (AvgIpc) is 2.47. The van der Waals surface area contributed by atoms with Gasteiger partial charge in [-0.3, -0.25) is 0 Å². The second kappa shape index (κ2) is 7.12. The molecule has 2 rings (SSSR count). The molecule has 1 aromatic rings. The van der Waals surface area contributed by atoms with Crippen LogP contribution in [0.3, 0.4) is 0 Å². The van der Waals surface area contributed by atoms with Crippen molar-refractivity contribution in [3.8, 4) is 0 Å². The Morgan fingerprint density at radius 1 is 1.45 bits per heavy atom. The van der Waals surface area contributed by atoms with E-state index in [-0.39, 0.29) is 10.9 Å². The van der Waals surface area contributed by atoms with E-state index in [4.69, 9.17) is 4.74 Å². The zero-order valence-corrected chi connectivity index (χ0v) is 12.4. The number of nitrogens with zero attached hydrogens (tertiary/aromatic N) is 1. The normalized spacial score (nSPS) is 19.9. The first-order valence-electron chi connectivity index (χ1n) is 6.79. The third kappa shape index (κ3) is 4.24. The van der Waals surface area contributed by atoms with Gasteiger partial charge < -0.3 is 10.1 Å². The number of hydrogen-bond donors (Lipinski definition) is 2. The van der Waals surface area contributed by atoms with Crippen molar-refractivity contribution in [2.75, 3.05) is 26.8 Å². The Bertz CT molecular complexity index is 510. The van der Waals surface area contributed by atoms with E-state index >= 15 is 0 Å². The first kappa shape index (κ1) is 15.4. The Labute approximate surface area is 120 Å². The van der Waals surface area contributed by atoms with E-state index in [9.17, 15) is 8.42 Å². The summed E-state index contributed by atoms with van der Waals surface area (Å²) in [7, 11) is -1.70.